The second-order valence-electron chi connectivity index (χ2n) is 16.4. The summed E-state index contributed by atoms with van der Waals surface area (Å²) < 4.78 is 100. The normalized spacial score (nSPS) is 21.3. The van der Waals surface area contributed by atoms with E-state index in [1.807, 2.05) is 36.4 Å². The summed E-state index contributed by atoms with van der Waals surface area (Å²) in [6, 6.07) is 15.0. The minimum atomic E-state index is -4.94. The lowest BCUT2D eigenvalue weighted by molar-refractivity contribution is -0.169. The summed E-state index contributed by atoms with van der Waals surface area (Å²) in [6.07, 6.45) is 7.80. The Balaban J connectivity index is 0.959. The van der Waals surface area contributed by atoms with Gasteiger partial charge in [-0.3, -0.25) is 8.74 Å². The molecular formula is C45H61N2O11S2+. The number of rotatable bonds is 22. The van der Waals surface area contributed by atoms with E-state index >= 15 is 0 Å². The molecule has 4 fully saturated rings. The highest BCUT2D eigenvalue weighted by molar-refractivity contribution is 7.87. The molecule has 1 N–H and O–H groups in total. The van der Waals surface area contributed by atoms with Crippen molar-refractivity contribution >= 4 is 36.9 Å². The van der Waals surface area contributed by atoms with E-state index in [0.717, 1.165) is 61.0 Å². The van der Waals surface area contributed by atoms with Crippen LogP contribution < -0.4 is 14.8 Å². The summed E-state index contributed by atoms with van der Waals surface area (Å²) in [5, 5.41) is 1.52. The average molecular weight is 870 g/mol. The van der Waals surface area contributed by atoms with Gasteiger partial charge < -0.3 is 28.3 Å². The Morgan fingerprint density at radius 2 is 1.30 bits per heavy atom. The van der Waals surface area contributed by atoms with Gasteiger partial charge in [-0.25, -0.2) is 4.58 Å². The molecule has 5 aliphatic carbocycles. The van der Waals surface area contributed by atoms with Crippen LogP contribution in [0, 0.1) is 17.8 Å². The molecule has 328 valence electrons. The molecule has 0 atom stereocenters. The zero-order valence-corrected chi connectivity index (χ0v) is 37.0. The van der Waals surface area contributed by atoms with Crippen molar-refractivity contribution in [2.24, 2.45) is 17.8 Å². The number of anilines is 1. The fourth-order valence-corrected chi connectivity index (χ4v) is 11.9. The molecule has 13 nitrogen and oxygen atoms in total. The van der Waals surface area contributed by atoms with Crippen LogP contribution in [0.25, 0.3) is 33.4 Å². The van der Waals surface area contributed by atoms with Crippen molar-refractivity contribution in [3.05, 3.63) is 60.0 Å². The maximum Gasteiger partial charge on any atom is 0.297 e. The number of fused-ring (bicyclic) bond motifs is 2. The third-order valence-corrected chi connectivity index (χ3v) is 14.8. The smallest absolute Gasteiger partial charge is 0.297 e. The molecule has 4 saturated carbocycles. The van der Waals surface area contributed by atoms with E-state index in [9.17, 15) is 21.4 Å². The summed E-state index contributed by atoms with van der Waals surface area (Å²) in [5.41, 5.74) is 2.71. The van der Waals surface area contributed by atoms with Crippen LogP contribution in [0.3, 0.4) is 0 Å². The molecule has 1 heterocycles. The van der Waals surface area contributed by atoms with E-state index in [1.165, 1.54) is 50.7 Å². The topological polar surface area (TPSA) is 154 Å². The van der Waals surface area contributed by atoms with Crippen molar-refractivity contribution in [1.29, 1.82) is 0 Å². The third-order valence-electron chi connectivity index (χ3n) is 12.6. The van der Waals surface area contributed by atoms with Crippen molar-refractivity contribution in [3.63, 3.8) is 0 Å². The van der Waals surface area contributed by atoms with Crippen LogP contribution in [-0.4, -0.2) is 106 Å². The van der Waals surface area contributed by atoms with E-state index in [2.05, 4.69) is 37.2 Å². The molecule has 2 aromatic carbocycles. The van der Waals surface area contributed by atoms with Crippen molar-refractivity contribution in [2.75, 3.05) is 83.9 Å². The van der Waals surface area contributed by atoms with Gasteiger partial charge in [-0.15, -0.1) is 0 Å². The largest absolute Gasteiger partial charge is 0.456 e. The van der Waals surface area contributed by atoms with Crippen LogP contribution in [0.4, 0.5) is 5.69 Å². The predicted molar refractivity (Wildman–Crippen MR) is 230 cm³/mol. The first kappa shape index (κ1) is 44.6. The van der Waals surface area contributed by atoms with Gasteiger partial charge in [-0.1, -0.05) is 6.07 Å². The first-order chi connectivity index (χ1) is 28.9. The van der Waals surface area contributed by atoms with E-state index in [4.69, 9.17) is 27.5 Å². The summed E-state index contributed by atoms with van der Waals surface area (Å²) in [4.78, 5) is 1.17. The quantitative estimate of drug-likeness (QED) is 0.0289. The van der Waals surface area contributed by atoms with Crippen molar-refractivity contribution < 1.29 is 48.9 Å². The molecule has 1 aliphatic heterocycles. The molecule has 0 unspecified atom stereocenters. The standard InChI is InChI=1S/C45H60N2O11S2/c1-5-46(6-2)35-9-12-38-41(26-35)58-42-27-36(47(7-3)8-4)10-13-39(42)44(38)40-14-11-37(28-43(40)59(48,49)50)60(51,52)57-22-20-55-18-16-53-15-17-54-19-21-56-45-29-32-23-33(30-45)25-34(24-32)31-45/h9-14,26-28,32-34H,5-8,15-25,29-31H2,1-4H3/p+1. The number of hydrogen-bond acceptors (Lipinski definition) is 11. The summed E-state index contributed by atoms with van der Waals surface area (Å²) >= 11 is 0. The van der Waals surface area contributed by atoms with Gasteiger partial charge in [0.05, 0.1) is 69.4 Å². The summed E-state index contributed by atoms with van der Waals surface area (Å²) in [5.74, 6) is 3.06. The Morgan fingerprint density at radius 3 is 1.88 bits per heavy atom. The highest BCUT2D eigenvalue weighted by Gasteiger charge is 2.51. The molecule has 6 aliphatic rings. The molecule has 0 amide bonds. The first-order valence-electron chi connectivity index (χ1n) is 21.6. The highest BCUT2D eigenvalue weighted by atomic mass is 32.2. The summed E-state index contributed by atoms with van der Waals surface area (Å²) in [7, 11) is -9.38. The molecule has 4 bridgehead atoms. The Kier molecular flexibility index (Phi) is 14.4. The molecular weight excluding hydrogens is 809 g/mol. The van der Waals surface area contributed by atoms with Crippen molar-refractivity contribution in [1.82, 2.24) is 4.58 Å². The van der Waals surface area contributed by atoms with Gasteiger partial charge in [0.1, 0.15) is 29.3 Å². The van der Waals surface area contributed by atoms with Crippen LogP contribution in [0.2, 0.25) is 0 Å². The minimum absolute atomic E-state index is 0.0412. The molecule has 0 aromatic heterocycles. The highest BCUT2D eigenvalue weighted by Crippen LogP contribution is 2.57. The van der Waals surface area contributed by atoms with Gasteiger partial charge in [-0.2, -0.15) is 16.8 Å². The van der Waals surface area contributed by atoms with E-state index in [-0.39, 0.29) is 31.0 Å². The second kappa shape index (κ2) is 19.3. The molecule has 60 heavy (non-hydrogen) atoms. The van der Waals surface area contributed by atoms with Gasteiger partial charge in [0.15, 0.2) is 0 Å². The SMILES string of the molecule is CCN(CC)c1ccc2c(-c3ccc(S(=O)(=O)OCCOCCOCCOCCOC45CC6CC(CC(C6)C4)C5)cc3S(=O)(=O)O)c3ccc(=[N+](CC)CC)cc-3oc2c1. The lowest BCUT2D eigenvalue weighted by Gasteiger charge is -2.56. The van der Waals surface area contributed by atoms with Gasteiger partial charge in [-0.05, 0) is 114 Å². The molecule has 15 heteroatoms. The van der Waals surface area contributed by atoms with Crippen LogP contribution in [0.15, 0.2) is 68.8 Å². The second-order valence-corrected chi connectivity index (χ2v) is 19.4. The molecule has 0 spiro atoms. The van der Waals surface area contributed by atoms with E-state index in [0.29, 0.717) is 60.9 Å². The van der Waals surface area contributed by atoms with E-state index < -0.39 is 30.0 Å². The Labute approximate surface area is 354 Å². The predicted octanol–water partition coefficient (Wildman–Crippen LogP) is 6.85. The lowest BCUT2D eigenvalue weighted by atomic mass is 9.54. The van der Waals surface area contributed by atoms with Crippen molar-refractivity contribution in [2.45, 2.75) is 81.6 Å². The monoisotopic (exact) mass is 869 g/mol. The number of benzene rings is 3. The maximum absolute atomic E-state index is 13.3. The number of ether oxygens (including phenoxy) is 4. The zero-order valence-electron chi connectivity index (χ0n) is 35.4. The van der Waals surface area contributed by atoms with Gasteiger partial charge in [0.25, 0.3) is 20.2 Å². The molecule has 8 rings (SSSR count). The first-order valence-corrected chi connectivity index (χ1v) is 24.4. The average Bonchev–Trinajstić information content (AvgIpc) is 3.21. The summed E-state index contributed by atoms with van der Waals surface area (Å²) in [6.45, 7) is 13.5. The van der Waals surface area contributed by atoms with Crippen molar-refractivity contribution in [3.8, 4) is 22.5 Å². The van der Waals surface area contributed by atoms with Crippen LogP contribution in [0.5, 0.6) is 0 Å². The zero-order chi connectivity index (χ0) is 42.5. The Hall–Kier alpha value is -3.41. The Morgan fingerprint density at radius 1 is 0.717 bits per heavy atom. The van der Waals surface area contributed by atoms with Crippen LogP contribution in [0.1, 0.15) is 66.2 Å². The number of hydrogen-bond donors (Lipinski definition) is 1. The van der Waals surface area contributed by atoms with Crippen LogP contribution in [-0.2, 0) is 43.4 Å². The fourth-order valence-electron chi connectivity index (χ4n) is 10.1. The van der Waals surface area contributed by atoms with E-state index in [1.54, 1.807) is 0 Å². The molecule has 0 saturated heterocycles. The van der Waals surface area contributed by atoms with Crippen LogP contribution >= 0.6 is 0 Å². The molecule has 0 radical (unpaired) electrons. The maximum atomic E-state index is 13.3. The molecule has 2 aromatic rings. The Bertz CT molecular complexity index is 2330. The van der Waals surface area contributed by atoms with Gasteiger partial charge >= 0.3 is 0 Å². The fraction of sp³-hybridized carbons (Fsp3) is 0.578. The van der Waals surface area contributed by atoms with Gasteiger partial charge in [0.2, 0.25) is 5.36 Å². The van der Waals surface area contributed by atoms with Gasteiger partial charge in [0, 0.05) is 53.0 Å². The lowest BCUT2D eigenvalue weighted by Crippen LogP contribution is -2.52. The minimum Gasteiger partial charge on any atom is -0.456 e. The third kappa shape index (κ3) is 10.1. The number of nitrogens with zero attached hydrogens (tertiary/aromatic N) is 2.